The molecule has 32 heavy (non-hydrogen) atoms. The molecule has 6 aromatic rings. The molecule has 1 heterocycles. The Morgan fingerprint density at radius 2 is 1.31 bits per heavy atom. The van der Waals surface area contributed by atoms with Crippen LogP contribution in [0.3, 0.4) is 0 Å². The third kappa shape index (κ3) is 2.84. The third-order valence-electron chi connectivity index (χ3n) is 6.35. The van der Waals surface area contributed by atoms with Gasteiger partial charge in [0.1, 0.15) is 0 Å². The van der Waals surface area contributed by atoms with E-state index in [1.54, 1.807) is 0 Å². The maximum absolute atomic E-state index is 7.77. The van der Waals surface area contributed by atoms with Crippen molar-refractivity contribution < 1.29 is 0 Å². The molecule has 0 aliphatic rings. The van der Waals surface area contributed by atoms with Crippen LogP contribution in [0.5, 0.6) is 0 Å². The van der Waals surface area contributed by atoms with Gasteiger partial charge in [0.15, 0.2) is 0 Å². The summed E-state index contributed by atoms with van der Waals surface area (Å²) in [6.07, 6.45) is 1.42. The van der Waals surface area contributed by atoms with Gasteiger partial charge in [-0.15, -0.1) is 0 Å². The van der Waals surface area contributed by atoms with Crippen molar-refractivity contribution in [2.45, 2.75) is 6.92 Å². The Morgan fingerprint density at radius 3 is 2.12 bits per heavy atom. The zero-order chi connectivity index (χ0) is 21.7. The van der Waals surface area contributed by atoms with Crippen LogP contribution in [0.15, 0.2) is 103 Å². The Morgan fingerprint density at radius 1 is 0.625 bits per heavy atom. The standard InChI is InChI=1S/C30H22N2/c1-20-9-12-22(13-10-20)24-14-16-30-27(18-24)26-17-21(19-31)11-15-29(26)32(30)28-8-4-6-23-5-2-3-7-25(23)28/h2-19,31H,1H3. The zero-order valence-corrected chi connectivity index (χ0v) is 17.8. The number of aromatic nitrogens is 1. The predicted octanol–water partition coefficient (Wildman–Crippen LogP) is 7.91. The summed E-state index contributed by atoms with van der Waals surface area (Å²) in [5.74, 6) is 0. The molecule has 1 aromatic heterocycles. The van der Waals surface area contributed by atoms with E-state index in [0.717, 1.165) is 11.1 Å². The average molecular weight is 411 g/mol. The van der Waals surface area contributed by atoms with Crippen LogP contribution < -0.4 is 0 Å². The second kappa shape index (κ2) is 7.21. The Labute approximate surface area is 186 Å². The number of aryl methyl sites for hydroxylation is 1. The molecule has 0 saturated heterocycles. The van der Waals surface area contributed by atoms with Crippen molar-refractivity contribution in [3.63, 3.8) is 0 Å². The van der Waals surface area contributed by atoms with Gasteiger partial charge in [-0.05, 0) is 59.3 Å². The summed E-state index contributed by atoms with van der Waals surface area (Å²) in [6, 6.07) is 36.7. The van der Waals surface area contributed by atoms with Gasteiger partial charge in [-0.3, -0.25) is 0 Å². The van der Waals surface area contributed by atoms with Gasteiger partial charge in [0.05, 0.1) is 16.7 Å². The lowest BCUT2D eigenvalue weighted by molar-refractivity contribution is 1.20. The van der Waals surface area contributed by atoms with E-state index in [9.17, 15) is 0 Å². The molecular weight excluding hydrogens is 388 g/mol. The predicted molar refractivity (Wildman–Crippen MR) is 136 cm³/mol. The van der Waals surface area contributed by atoms with Gasteiger partial charge in [-0.2, -0.15) is 0 Å². The maximum atomic E-state index is 7.77. The molecule has 1 N–H and O–H groups in total. The maximum Gasteiger partial charge on any atom is 0.0541 e. The van der Waals surface area contributed by atoms with Crippen LogP contribution in [0.1, 0.15) is 11.1 Å². The minimum Gasteiger partial charge on any atom is -0.309 e. The summed E-state index contributed by atoms with van der Waals surface area (Å²) < 4.78 is 2.36. The van der Waals surface area contributed by atoms with E-state index in [4.69, 9.17) is 5.41 Å². The first kappa shape index (κ1) is 18.6. The third-order valence-corrected chi connectivity index (χ3v) is 6.35. The molecule has 152 valence electrons. The second-order valence-corrected chi connectivity index (χ2v) is 8.35. The SMILES string of the molecule is Cc1ccc(-c2ccc3c(c2)c2cc(C=N)ccc2n3-c2cccc3ccccc23)cc1. The van der Waals surface area contributed by atoms with Crippen LogP contribution >= 0.6 is 0 Å². The fourth-order valence-corrected chi connectivity index (χ4v) is 4.72. The van der Waals surface area contributed by atoms with E-state index in [2.05, 4.69) is 109 Å². The first-order chi connectivity index (χ1) is 15.7. The molecule has 0 aliphatic carbocycles. The summed E-state index contributed by atoms with van der Waals surface area (Å²) in [4.78, 5) is 0. The van der Waals surface area contributed by atoms with E-state index in [0.29, 0.717) is 0 Å². The molecule has 0 unspecified atom stereocenters. The van der Waals surface area contributed by atoms with Crippen molar-refractivity contribution in [3.8, 4) is 16.8 Å². The van der Waals surface area contributed by atoms with E-state index < -0.39 is 0 Å². The topological polar surface area (TPSA) is 28.8 Å². The number of nitrogens with zero attached hydrogens (tertiary/aromatic N) is 1. The molecule has 0 saturated carbocycles. The highest BCUT2D eigenvalue weighted by Gasteiger charge is 2.15. The Bertz CT molecular complexity index is 1630. The normalized spacial score (nSPS) is 11.4. The highest BCUT2D eigenvalue weighted by molar-refractivity contribution is 6.12. The second-order valence-electron chi connectivity index (χ2n) is 8.35. The molecule has 0 aliphatic heterocycles. The first-order valence-electron chi connectivity index (χ1n) is 10.9. The van der Waals surface area contributed by atoms with Gasteiger partial charge in [0, 0.05) is 22.4 Å². The number of rotatable bonds is 3. The number of fused-ring (bicyclic) bond motifs is 4. The van der Waals surface area contributed by atoms with Crippen molar-refractivity contribution in [3.05, 3.63) is 114 Å². The molecule has 0 spiro atoms. The summed E-state index contributed by atoms with van der Waals surface area (Å²) in [7, 11) is 0. The largest absolute Gasteiger partial charge is 0.309 e. The molecule has 0 atom stereocenters. The van der Waals surface area contributed by atoms with Crippen molar-refractivity contribution >= 4 is 38.8 Å². The van der Waals surface area contributed by atoms with Crippen molar-refractivity contribution in [2.75, 3.05) is 0 Å². The molecule has 2 nitrogen and oxygen atoms in total. The van der Waals surface area contributed by atoms with Crippen LogP contribution in [0, 0.1) is 12.3 Å². The smallest absolute Gasteiger partial charge is 0.0541 e. The number of benzene rings is 5. The molecule has 2 heteroatoms. The van der Waals surface area contributed by atoms with E-state index in [-0.39, 0.29) is 0 Å². The Balaban J connectivity index is 1.71. The summed E-state index contributed by atoms with van der Waals surface area (Å²) in [6.45, 7) is 2.11. The van der Waals surface area contributed by atoms with Crippen molar-refractivity contribution in [1.29, 1.82) is 5.41 Å². The summed E-state index contributed by atoms with van der Waals surface area (Å²) in [5, 5.41) is 12.6. The van der Waals surface area contributed by atoms with Crippen LogP contribution in [-0.4, -0.2) is 10.8 Å². The highest BCUT2D eigenvalue weighted by Crippen LogP contribution is 2.37. The Kier molecular flexibility index (Phi) is 4.19. The lowest BCUT2D eigenvalue weighted by Gasteiger charge is -2.12. The van der Waals surface area contributed by atoms with Crippen LogP contribution in [-0.2, 0) is 0 Å². The van der Waals surface area contributed by atoms with E-state index in [1.807, 2.05) is 6.07 Å². The van der Waals surface area contributed by atoms with Gasteiger partial charge < -0.3 is 9.98 Å². The van der Waals surface area contributed by atoms with Gasteiger partial charge in [0.25, 0.3) is 0 Å². The molecule has 0 amide bonds. The molecular formula is C30H22N2. The molecule has 5 aromatic carbocycles. The van der Waals surface area contributed by atoms with E-state index >= 15 is 0 Å². The highest BCUT2D eigenvalue weighted by atomic mass is 15.0. The fraction of sp³-hybridized carbons (Fsp3) is 0.0333. The average Bonchev–Trinajstić information content (AvgIpc) is 3.17. The van der Waals surface area contributed by atoms with Gasteiger partial charge in [0.2, 0.25) is 0 Å². The number of nitrogens with one attached hydrogen (secondary N) is 1. The Hall–Kier alpha value is -4.17. The number of hydrogen-bond donors (Lipinski definition) is 1. The van der Waals surface area contributed by atoms with Crippen LogP contribution in [0.25, 0.3) is 49.4 Å². The van der Waals surface area contributed by atoms with Gasteiger partial charge in [-0.25, -0.2) is 0 Å². The minimum atomic E-state index is 0.912. The van der Waals surface area contributed by atoms with Gasteiger partial charge >= 0.3 is 0 Å². The monoisotopic (exact) mass is 410 g/mol. The summed E-state index contributed by atoms with van der Waals surface area (Å²) >= 11 is 0. The van der Waals surface area contributed by atoms with Crippen LogP contribution in [0.2, 0.25) is 0 Å². The van der Waals surface area contributed by atoms with Crippen molar-refractivity contribution in [1.82, 2.24) is 4.57 Å². The molecule has 0 fully saturated rings. The minimum absolute atomic E-state index is 0.912. The zero-order valence-electron chi connectivity index (χ0n) is 17.8. The molecule has 0 bridgehead atoms. The van der Waals surface area contributed by atoms with Crippen molar-refractivity contribution in [2.24, 2.45) is 0 Å². The van der Waals surface area contributed by atoms with Crippen LogP contribution in [0.4, 0.5) is 0 Å². The fourth-order valence-electron chi connectivity index (χ4n) is 4.72. The lowest BCUT2D eigenvalue weighted by atomic mass is 10.0. The van der Waals surface area contributed by atoms with E-state index in [1.165, 1.54) is 55.7 Å². The quantitative estimate of drug-likeness (QED) is 0.287. The summed E-state index contributed by atoms with van der Waals surface area (Å²) in [5.41, 5.74) is 8.10. The first-order valence-corrected chi connectivity index (χ1v) is 10.9. The molecule has 0 radical (unpaired) electrons. The molecule has 6 rings (SSSR count). The van der Waals surface area contributed by atoms with Gasteiger partial charge in [-0.1, -0.05) is 78.4 Å². The number of hydrogen-bond acceptors (Lipinski definition) is 1. The lowest BCUT2D eigenvalue weighted by Crippen LogP contribution is -1.95.